The van der Waals surface area contributed by atoms with Gasteiger partial charge in [0, 0.05) is 9.90 Å². The fourth-order valence-corrected chi connectivity index (χ4v) is 2.76. The van der Waals surface area contributed by atoms with Gasteiger partial charge in [0.25, 0.3) is 0 Å². The van der Waals surface area contributed by atoms with Crippen LogP contribution in [0.25, 0.3) is 0 Å². The molecule has 2 aromatic rings. The summed E-state index contributed by atoms with van der Waals surface area (Å²) in [7, 11) is 0. The van der Waals surface area contributed by atoms with Crippen molar-refractivity contribution >= 4 is 22.9 Å². The molecule has 1 heterocycles. The maximum Gasteiger partial charge on any atom is 0.121 e. The van der Waals surface area contributed by atoms with Crippen LogP contribution in [-0.4, -0.2) is 6.10 Å². The van der Waals surface area contributed by atoms with Crippen LogP contribution >= 0.6 is 22.9 Å². The Balaban J connectivity index is 2.08. The van der Waals surface area contributed by atoms with Gasteiger partial charge >= 0.3 is 0 Å². The van der Waals surface area contributed by atoms with Crippen molar-refractivity contribution in [3.63, 3.8) is 0 Å². The van der Waals surface area contributed by atoms with Gasteiger partial charge in [-0.25, -0.2) is 0 Å². The third-order valence-corrected chi connectivity index (χ3v) is 3.98. The van der Waals surface area contributed by atoms with Gasteiger partial charge in [-0.05, 0) is 49.1 Å². The molecule has 0 amide bonds. The Morgan fingerprint density at radius 2 is 2.11 bits per heavy atom. The van der Waals surface area contributed by atoms with Crippen LogP contribution in [-0.2, 0) is 0 Å². The molecule has 2 unspecified atom stereocenters. The van der Waals surface area contributed by atoms with Crippen LogP contribution in [0.5, 0.6) is 5.75 Å². The highest BCUT2D eigenvalue weighted by Crippen LogP contribution is 2.26. The van der Waals surface area contributed by atoms with E-state index < -0.39 is 0 Å². The molecule has 4 heteroatoms. The highest BCUT2D eigenvalue weighted by molar-refractivity contribution is 7.10. The average Bonchev–Trinajstić information content (AvgIpc) is 2.74. The highest BCUT2D eigenvalue weighted by atomic mass is 35.5. The van der Waals surface area contributed by atoms with E-state index in [9.17, 15) is 0 Å². The molecule has 1 aromatic heterocycles. The Hall–Kier alpha value is -1.03. The van der Waals surface area contributed by atoms with Gasteiger partial charge in [-0.2, -0.15) is 0 Å². The summed E-state index contributed by atoms with van der Waals surface area (Å²) in [6.45, 7) is 4.05. The highest BCUT2D eigenvalue weighted by Gasteiger charge is 2.19. The van der Waals surface area contributed by atoms with E-state index in [0.717, 1.165) is 11.3 Å². The van der Waals surface area contributed by atoms with Gasteiger partial charge in [0.05, 0.1) is 6.04 Å². The molecule has 0 bridgehead atoms. The minimum absolute atomic E-state index is 0.100. The molecule has 0 aliphatic heterocycles. The minimum Gasteiger partial charge on any atom is -0.489 e. The van der Waals surface area contributed by atoms with E-state index in [1.165, 1.54) is 4.88 Å². The summed E-state index contributed by atoms with van der Waals surface area (Å²) in [6, 6.07) is 9.30. The van der Waals surface area contributed by atoms with E-state index in [4.69, 9.17) is 22.1 Å². The van der Waals surface area contributed by atoms with Crippen molar-refractivity contribution in [3.8, 4) is 5.75 Å². The van der Waals surface area contributed by atoms with Crippen LogP contribution in [0.1, 0.15) is 23.4 Å². The summed E-state index contributed by atoms with van der Waals surface area (Å²) in [6.07, 6.45) is -0.100. The van der Waals surface area contributed by atoms with Gasteiger partial charge < -0.3 is 10.5 Å². The van der Waals surface area contributed by atoms with Gasteiger partial charge in [0.2, 0.25) is 0 Å². The number of halogens is 1. The van der Waals surface area contributed by atoms with E-state index in [2.05, 4.69) is 18.4 Å². The molecule has 0 aliphatic carbocycles. The normalized spacial score (nSPS) is 14.2. The van der Waals surface area contributed by atoms with Crippen molar-refractivity contribution in [2.24, 2.45) is 5.73 Å². The van der Waals surface area contributed by atoms with Crippen LogP contribution in [0.4, 0.5) is 0 Å². The lowest BCUT2D eigenvalue weighted by Crippen LogP contribution is -2.28. The minimum atomic E-state index is -0.129. The second kappa shape index (κ2) is 5.74. The first-order valence-corrected chi connectivity index (χ1v) is 7.05. The van der Waals surface area contributed by atoms with Gasteiger partial charge in [-0.15, -0.1) is 11.3 Å². The number of rotatable bonds is 4. The third-order valence-electron chi connectivity index (χ3n) is 2.88. The molecule has 0 radical (unpaired) electrons. The van der Waals surface area contributed by atoms with E-state index in [-0.39, 0.29) is 12.1 Å². The van der Waals surface area contributed by atoms with E-state index >= 15 is 0 Å². The quantitative estimate of drug-likeness (QED) is 0.912. The van der Waals surface area contributed by atoms with Crippen molar-refractivity contribution < 1.29 is 4.74 Å². The zero-order valence-corrected chi connectivity index (χ0v) is 12.0. The molecule has 1 aromatic carbocycles. The lowest BCUT2D eigenvalue weighted by molar-refractivity contribution is 0.190. The van der Waals surface area contributed by atoms with Crippen molar-refractivity contribution in [2.75, 3.05) is 0 Å². The molecular weight excluding hydrogens is 266 g/mol. The largest absolute Gasteiger partial charge is 0.489 e. The Labute approximate surface area is 116 Å². The van der Waals surface area contributed by atoms with Crippen LogP contribution in [0.15, 0.2) is 35.7 Å². The average molecular weight is 282 g/mol. The zero-order chi connectivity index (χ0) is 13.1. The second-order valence-corrected chi connectivity index (χ2v) is 5.79. The summed E-state index contributed by atoms with van der Waals surface area (Å²) in [5.74, 6) is 0.748. The smallest absolute Gasteiger partial charge is 0.121 e. The van der Waals surface area contributed by atoms with E-state index in [1.807, 2.05) is 25.1 Å². The first-order valence-electron chi connectivity index (χ1n) is 5.79. The topological polar surface area (TPSA) is 35.2 Å². The lowest BCUT2D eigenvalue weighted by Gasteiger charge is -2.21. The summed E-state index contributed by atoms with van der Waals surface area (Å²) in [5, 5.41) is 2.72. The van der Waals surface area contributed by atoms with Gasteiger partial charge in [-0.3, -0.25) is 0 Å². The fraction of sp³-hybridized carbons (Fsp3) is 0.286. The predicted octanol–water partition coefficient (Wildman–Crippen LogP) is 4.18. The molecule has 18 heavy (non-hydrogen) atoms. The van der Waals surface area contributed by atoms with E-state index in [0.29, 0.717) is 5.02 Å². The van der Waals surface area contributed by atoms with Gasteiger partial charge in [0.1, 0.15) is 11.9 Å². The summed E-state index contributed by atoms with van der Waals surface area (Å²) >= 11 is 7.63. The molecule has 96 valence electrons. The lowest BCUT2D eigenvalue weighted by atomic mass is 10.0. The number of ether oxygens (including phenoxy) is 1. The van der Waals surface area contributed by atoms with Crippen LogP contribution < -0.4 is 10.5 Å². The van der Waals surface area contributed by atoms with Crippen LogP contribution in [0, 0.1) is 6.92 Å². The molecule has 0 saturated heterocycles. The summed E-state index contributed by atoms with van der Waals surface area (Å²) in [4.78, 5) is 1.24. The SMILES string of the molecule is Cc1sccc1C(N)C(C)Oc1cccc(Cl)c1. The van der Waals surface area contributed by atoms with Crippen molar-refractivity contribution in [3.05, 3.63) is 51.2 Å². The molecule has 2 rings (SSSR count). The molecule has 2 N–H and O–H groups in total. The zero-order valence-electron chi connectivity index (χ0n) is 10.4. The van der Waals surface area contributed by atoms with Crippen molar-refractivity contribution in [2.45, 2.75) is 26.0 Å². The molecule has 0 saturated carbocycles. The summed E-state index contributed by atoms with van der Waals surface area (Å²) < 4.78 is 5.83. The van der Waals surface area contributed by atoms with E-state index in [1.54, 1.807) is 17.4 Å². The molecule has 0 aliphatic rings. The van der Waals surface area contributed by atoms with Crippen molar-refractivity contribution in [1.82, 2.24) is 0 Å². The number of hydrogen-bond donors (Lipinski definition) is 1. The predicted molar refractivity (Wildman–Crippen MR) is 77.5 cm³/mol. The maximum absolute atomic E-state index is 6.22. The molecule has 0 fully saturated rings. The van der Waals surface area contributed by atoms with Crippen LogP contribution in [0.3, 0.4) is 0 Å². The molecule has 2 atom stereocenters. The first kappa shape index (κ1) is 13.4. The number of thiophene rings is 1. The first-order chi connectivity index (χ1) is 8.58. The van der Waals surface area contributed by atoms with Crippen LogP contribution in [0.2, 0.25) is 5.02 Å². The second-order valence-electron chi connectivity index (χ2n) is 4.24. The Morgan fingerprint density at radius 1 is 1.33 bits per heavy atom. The number of aryl methyl sites for hydroxylation is 1. The molecule has 2 nitrogen and oxygen atoms in total. The number of nitrogens with two attached hydrogens (primary N) is 1. The standard InChI is InChI=1S/C14H16ClNOS/c1-9(14(16)13-6-7-18-10(13)2)17-12-5-3-4-11(15)8-12/h3-9,14H,16H2,1-2H3. The fourth-order valence-electron chi connectivity index (χ4n) is 1.82. The Bertz CT molecular complexity index is 526. The van der Waals surface area contributed by atoms with Gasteiger partial charge in [-0.1, -0.05) is 17.7 Å². The number of benzene rings is 1. The van der Waals surface area contributed by atoms with Gasteiger partial charge in [0.15, 0.2) is 0 Å². The Kier molecular flexibility index (Phi) is 4.27. The molecule has 0 spiro atoms. The summed E-state index contributed by atoms with van der Waals surface area (Å²) in [5.41, 5.74) is 7.37. The maximum atomic E-state index is 6.22. The third kappa shape index (κ3) is 3.05. The van der Waals surface area contributed by atoms with Crippen molar-refractivity contribution in [1.29, 1.82) is 0 Å². The molecular formula is C14H16ClNOS. The monoisotopic (exact) mass is 281 g/mol. The number of hydrogen-bond acceptors (Lipinski definition) is 3. The Morgan fingerprint density at radius 3 is 2.72 bits per heavy atom.